The molecule has 0 saturated carbocycles. The van der Waals surface area contributed by atoms with Gasteiger partial charge in [-0.15, -0.1) is 11.8 Å². The molecular weight excluding hydrogens is 531 g/mol. The van der Waals surface area contributed by atoms with Crippen molar-refractivity contribution in [3.63, 3.8) is 0 Å². The monoisotopic (exact) mass is 548 g/mol. The first kappa shape index (κ1) is 26.6. The van der Waals surface area contributed by atoms with Crippen molar-refractivity contribution >= 4 is 58.1 Å². The molecule has 0 saturated heterocycles. The van der Waals surface area contributed by atoms with Crippen LogP contribution in [0.1, 0.15) is 23.7 Å². The Morgan fingerprint density at radius 1 is 1.14 bits per heavy atom. The summed E-state index contributed by atoms with van der Waals surface area (Å²) in [5.41, 5.74) is 4.20. The highest BCUT2D eigenvalue weighted by Gasteiger charge is 2.19. The molecule has 180 valence electrons. The van der Waals surface area contributed by atoms with Gasteiger partial charge in [-0.3, -0.25) is 10.1 Å². The molecule has 2 aromatic heterocycles. The smallest absolute Gasteiger partial charge is 0.258 e. The van der Waals surface area contributed by atoms with E-state index in [0.29, 0.717) is 22.0 Å². The van der Waals surface area contributed by atoms with Crippen LogP contribution in [-0.2, 0) is 16.0 Å². The topological polar surface area (TPSA) is 108 Å². The van der Waals surface area contributed by atoms with Gasteiger partial charge in [0.2, 0.25) is 5.13 Å². The van der Waals surface area contributed by atoms with Crippen molar-refractivity contribution < 1.29 is 14.5 Å². The lowest BCUT2D eigenvalue weighted by Gasteiger charge is -2.02. The molecule has 0 aliphatic carbocycles. The lowest BCUT2D eigenvalue weighted by molar-refractivity contribution is -0.385. The van der Waals surface area contributed by atoms with Crippen molar-refractivity contribution in [2.75, 3.05) is 5.75 Å². The highest BCUT2D eigenvalue weighted by molar-refractivity contribution is 8.01. The molecule has 35 heavy (non-hydrogen) atoms. The molecule has 0 N–H and O–H groups in total. The highest BCUT2D eigenvalue weighted by Crippen LogP contribution is 2.39. The average molecular weight is 549 g/mol. The second kappa shape index (κ2) is 12.1. The molecule has 0 aliphatic rings. The molecule has 2 heterocycles. The molecular formula is C23H18Cl2N4O4S2. The number of nitro benzene ring substituents is 1. The maximum Gasteiger partial charge on any atom is 0.373 e. The summed E-state index contributed by atoms with van der Waals surface area (Å²) in [6.07, 6.45) is 2.56. The first-order chi connectivity index (χ1) is 16.8. The zero-order chi connectivity index (χ0) is 25.5. The first-order valence-electron chi connectivity index (χ1n) is 10.1. The van der Waals surface area contributed by atoms with Gasteiger partial charge in [-0.2, -0.15) is 14.7 Å². The molecule has 0 atom stereocenters. The Kier molecular flexibility index (Phi) is 9.20. The second-order valence-corrected chi connectivity index (χ2v) is 10.3. The van der Waals surface area contributed by atoms with Gasteiger partial charge in [0, 0.05) is 29.8 Å². The number of nitro groups is 1. The predicted octanol–water partition coefficient (Wildman–Crippen LogP) is 6.64. The summed E-state index contributed by atoms with van der Waals surface area (Å²) < 4.78 is 2.81. The normalized spacial score (nSPS) is 10.4. The van der Waals surface area contributed by atoms with Crippen LogP contribution in [0.4, 0.5) is 5.69 Å². The number of nitrogens with zero attached hydrogens (tertiary/aromatic N) is 4. The van der Waals surface area contributed by atoms with Gasteiger partial charge in [-0.05, 0) is 30.4 Å². The van der Waals surface area contributed by atoms with Crippen LogP contribution in [-0.4, -0.2) is 31.6 Å². The Morgan fingerprint density at radius 3 is 2.51 bits per heavy atom. The van der Waals surface area contributed by atoms with Crippen molar-refractivity contribution in [1.29, 1.82) is 0 Å². The van der Waals surface area contributed by atoms with Gasteiger partial charge >= 0.3 is 6.15 Å². The van der Waals surface area contributed by atoms with Crippen molar-refractivity contribution in [3.05, 3.63) is 85.6 Å². The van der Waals surface area contributed by atoms with Gasteiger partial charge in [-0.25, -0.2) is 9.67 Å². The summed E-state index contributed by atoms with van der Waals surface area (Å²) in [6, 6.07) is 12.3. The van der Waals surface area contributed by atoms with Gasteiger partial charge in [0.25, 0.3) is 5.69 Å². The number of para-hydroxylation sites is 1. The van der Waals surface area contributed by atoms with E-state index in [4.69, 9.17) is 37.8 Å². The van der Waals surface area contributed by atoms with Gasteiger partial charge < -0.3 is 0 Å². The second-order valence-electron chi connectivity index (χ2n) is 7.02. The van der Waals surface area contributed by atoms with E-state index in [1.165, 1.54) is 6.07 Å². The third-order valence-electron chi connectivity index (χ3n) is 4.82. The van der Waals surface area contributed by atoms with Crippen molar-refractivity contribution in [2.45, 2.75) is 24.5 Å². The first-order valence-corrected chi connectivity index (χ1v) is 12.7. The molecule has 0 unspecified atom stereocenters. The number of aromatic nitrogens is 3. The van der Waals surface area contributed by atoms with Crippen LogP contribution in [0.15, 0.2) is 52.9 Å². The molecule has 0 spiro atoms. The van der Waals surface area contributed by atoms with E-state index in [9.17, 15) is 10.1 Å². The summed E-state index contributed by atoms with van der Waals surface area (Å²) in [7, 11) is 0. The van der Waals surface area contributed by atoms with Gasteiger partial charge in [0.1, 0.15) is 0 Å². The number of carbonyl (C=O) groups excluding carboxylic acids is 2. The summed E-state index contributed by atoms with van der Waals surface area (Å²) >= 11 is 15.6. The van der Waals surface area contributed by atoms with Crippen molar-refractivity contribution in [3.8, 4) is 16.4 Å². The molecule has 0 fully saturated rings. The van der Waals surface area contributed by atoms with Crippen LogP contribution in [0.3, 0.4) is 0 Å². The molecule has 0 aliphatic heterocycles. The average Bonchev–Trinajstić information content (AvgIpc) is 3.40. The molecule has 2 aromatic carbocycles. The Hall–Kier alpha value is -3.01. The number of rotatable bonds is 7. The Morgan fingerprint density at radius 2 is 1.86 bits per heavy atom. The van der Waals surface area contributed by atoms with Gasteiger partial charge in [0.05, 0.1) is 30.6 Å². The van der Waals surface area contributed by atoms with Crippen molar-refractivity contribution in [1.82, 2.24) is 14.8 Å². The minimum absolute atomic E-state index is 0.109. The van der Waals surface area contributed by atoms with E-state index in [-0.39, 0.29) is 16.8 Å². The third-order valence-corrected chi connectivity index (χ3v) is 7.75. The molecule has 0 bridgehead atoms. The number of hydrogen-bond acceptors (Lipinski definition) is 8. The quantitative estimate of drug-likeness (QED) is 0.144. The number of benzene rings is 2. The molecule has 12 heteroatoms. The van der Waals surface area contributed by atoms with Gasteiger partial charge in [0.15, 0.2) is 0 Å². The third kappa shape index (κ3) is 6.36. The molecule has 0 radical (unpaired) electrons. The maximum atomic E-state index is 11.4. The minimum atomic E-state index is -0.353. The fourth-order valence-corrected chi connectivity index (χ4v) is 5.68. The molecule has 4 rings (SSSR count). The lowest BCUT2D eigenvalue weighted by atomic mass is 10.0. The lowest BCUT2D eigenvalue weighted by Crippen LogP contribution is -1.96. The Balaban J connectivity index is 0.00000108. The van der Waals surface area contributed by atoms with Gasteiger partial charge in [-0.1, -0.05) is 65.7 Å². The van der Waals surface area contributed by atoms with E-state index in [1.807, 2.05) is 25.3 Å². The standard InChI is InChI=1S/C22H18Cl2N4O2S2.CO2/c1-3-31-21-20(15-8-9-17(23)18(24)11-15)25-22(32-21)27-12-16(13(2)26-27)10-14-6-4-5-7-19(14)28(29)30;2-1-3/h4-9,11-12H,3,10H2,1-2H3;. The molecule has 0 amide bonds. The van der Waals surface area contributed by atoms with E-state index >= 15 is 0 Å². The van der Waals surface area contributed by atoms with Crippen LogP contribution in [0.5, 0.6) is 0 Å². The predicted molar refractivity (Wildman–Crippen MR) is 137 cm³/mol. The summed E-state index contributed by atoms with van der Waals surface area (Å²) in [5.74, 6) is 0.900. The van der Waals surface area contributed by atoms with Crippen LogP contribution in [0, 0.1) is 17.0 Å². The fraction of sp³-hybridized carbons (Fsp3) is 0.174. The largest absolute Gasteiger partial charge is 0.373 e. The number of thiazole rings is 1. The SMILES string of the molecule is CCSc1sc(-n2cc(Cc3ccccc3[N+](=O)[O-])c(C)n2)nc1-c1ccc(Cl)c(Cl)c1.O=C=O. The van der Waals surface area contributed by atoms with E-state index in [0.717, 1.165) is 37.6 Å². The van der Waals surface area contributed by atoms with E-state index in [1.54, 1.807) is 52.0 Å². The van der Waals surface area contributed by atoms with Crippen molar-refractivity contribution in [2.24, 2.45) is 0 Å². The molecule has 4 aromatic rings. The Labute approximate surface area is 219 Å². The summed E-state index contributed by atoms with van der Waals surface area (Å²) in [4.78, 5) is 32.1. The summed E-state index contributed by atoms with van der Waals surface area (Å²) in [5, 5.41) is 17.7. The minimum Gasteiger partial charge on any atom is -0.258 e. The van der Waals surface area contributed by atoms with E-state index < -0.39 is 0 Å². The number of aryl methyl sites for hydroxylation is 1. The van der Waals surface area contributed by atoms with E-state index in [2.05, 4.69) is 12.0 Å². The van der Waals surface area contributed by atoms with Crippen LogP contribution >= 0.6 is 46.3 Å². The Bertz CT molecular complexity index is 1400. The zero-order valence-electron chi connectivity index (χ0n) is 18.5. The summed E-state index contributed by atoms with van der Waals surface area (Å²) in [6.45, 7) is 3.99. The van der Waals surface area contributed by atoms with Crippen LogP contribution < -0.4 is 0 Å². The maximum absolute atomic E-state index is 11.4. The zero-order valence-corrected chi connectivity index (χ0v) is 21.7. The highest BCUT2D eigenvalue weighted by atomic mass is 35.5. The molecule has 8 nitrogen and oxygen atoms in total. The van der Waals surface area contributed by atoms with Crippen LogP contribution in [0.25, 0.3) is 16.4 Å². The number of thioether (sulfide) groups is 1. The fourth-order valence-electron chi connectivity index (χ4n) is 3.26. The number of halogens is 2. The number of hydrogen-bond donors (Lipinski definition) is 0. The van der Waals surface area contributed by atoms with Crippen LogP contribution in [0.2, 0.25) is 10.0 Å².